The number of hydrogen-bond donors (Lipinski definition) is 4. The summed E-state index contributed by atoms with van der Waals surface area (Å²) >= 11 is 0. The first-order valence-electron chi connectivity index (χ1n) is 6.52. The molecule has 0 saturated heterocycles. The topological polar surface area (TPSA) is 101 Å². The van der Waals surface area contributed by atoms with Crippen LogP contribution in [0.4, 0.5) is 0 Å². The van der Waals surface area contributed by atoms with Crippen LogP contribution in [0.25, 0.3) is 0 Å². The number of nitrogens with one attached hydrogen (secondary N) is 1. The van der Waals surface area contributed by atoms with E-state index in [0.29, 0.717) is 6.42 Å². The molecule has 102 valence electrons. The normalized spacial score (nSPS) is 11.7. The van der Waals surface area contributed by atoms with E-state index in [2.05, 4.69) is 12.2 Å². The maximum absolute atomic E-state index is 10.3. The SMILES string of the molecule is CCCCCCCCCC(N)(N)NCC(=O)O. The lowest BCUT2D eigenvalue weighted by atomic mass is 10.1. The lowest BCUT2D eigenvalue weighted by Crippen LogP contribution is -2.62. The van der Waals surface area contributed by atoms with Gasteiger partial charge in [0.25, 0.3) is 0 Å². The van der Waals surface area contributed by atoms with Crippen molar-refractivity contribution < 1.29 is 9.90 Å². The molecule has 6 N–H and O–H groups in total. The van der Waals surface area contributed by atoms with Gasteiger partial charge in [-0.05, 0) is 12.8 Å². The highest BCUT2D eigenvalue weighted by atomic mass is 16.4. The molecule has 0 heterocycles. The first-order chi connectivity index (χ1) is 7.98. The van der Waals surface area contributed by atoms with E-state index in [1.807, 2.05) is 0 Å². The Labute approximate surface area is 104 Å². The summed E-state index contributed by atoms with van der Waals surface area (Å²) in [5.74, 6) is -1.99. The maximum atomic E-state index is 10.3. The summed E-state index contributed by atoms with van der Waals surface area (Å²) in [5, 5.41) is 11.1. The lowest BCUT2D eigenvalue weighted by molar-refractivity contribution is -0.136. The third-order valence-corrected chi connectivity index (χ3v) is 2.76. The number of carboxylic acid groups (broad SMARTS) is 1. The van der Waals surface area contributed by atoms with E-state index in [0.717, 1.165) is 12.8 Å². The Kier molecular flexibility index (Phi) is 9.03. The molecule has 0 amide bonds. The zero-order valence-corrected chi connectivity index (χ0v) is 10.9. The van der Waals surface area contributed by atoms with Gasteiger partial charge in [0.1, 0.15) is 5.79 Å². The van der Waals surface area contributed by atoms with Crippen LogP contribution in [-0.2, 0) is 4.79 Å². The van der Waals surface area contributed by atoms with E-state index in [1.165, 1.54) is 32.1 Å². The molecule has 0 aliphatic heterocycles. The molecule has 0 atom stereocenters. The van der Waals surface area contributed by atoms with Crippen LogP contribution in [0.2, 0.25) is 0 Å². The second-order valence-electron chi connectivity index (χ2n) is 4.66. The summed E-state index contributed by atoms with van der Waals surface area (Å²) in [4.78, 5) is 10.3. The average molecular weight is 245 g/mol. The van der Waals surface area contributed by atoms with Gasteiger partial charge in [0.05, 0.1) is 6.54 Å². The van der Waals surface area contributed by atoms with Gasteiger partial charge in [-0.1, -0.05) is 45.4 Å². The second kappa shape index (κ2) is 9.39. The number of unbranched alkanes of at least 4 members (excludes halogenated alkanes) is 6. The largest absolute Gasteiger partial charge is 0.480 e. The maximum Gasteiger partial charge on any atom is 0.317 e. The summed E-state index contributed by atoms with van der Waals surface area (Å²) in [6.45, 7) is 2.01. The molecule has 0 aliphatic rings. The molecular formula is C12H27N3O2. The van der Waals surface area contributed by atoms with E-state index in [1.54, 1.807) is 0 Å². The van der Waals surface area contributed by atoms with Crippen molar-refractivity contribution in [3.05, 3.63) is 0 Å². The standard InChI is InChI=1S/C12H27N3O2/c1-2-3-4-5-6-7-8-9-12(13,14)15-10-11(16)17/h15H,2-10,13-14H2,1H3,(H,16,17). The molecule has 0 aromatic heterocycles. The van der Waals surface area contributed by atoms with Crippen molar-refractivity contribution in [1.82, 2.24) is 5.32 Å². The molecule has 0 radical (unpaired) electrons. The predicted molar refractivity (Wildman–Crippen MR) is 69.4 cm³/mol. The van der Waals surface area contributed by atoms with Crippen LogP contribution in [0.5, 0.6) is 0 Å². The Morgan fingerprint density at radius 2 is 1.65 bits per heavy atom. The molecule has 0 unspecified atom stereocenters. The number of hydrogen-bond acceptors (Lipinski definition) is 4. The van der Waals surface area contributed by atoms with Gasteiger partial charge in [-0.3, -0.25) is 10.1 Å². The Morgan fingerprint density at radius 1 is 1.12 bits per heavy atom. The van der Waals surface area contributed by atoms with Crippen molar-refractivity contribution in [3.8, 4) is 0 Å². The summed E-state index contributed by atoms with van der Waals surface area (Å²) in [7, 11) is 0. The first-order valence-corrected chi connectivity index (χ1v) is 6.52. The number of carboxylic acids is 1. The molecule has 5 heteroatoms. The molecule has 0 rings (SSSR count). The molecule has 5 nitrogen and oxygen atoms in total. The molecule has 0 fully saturated rings. The minimum Gasteiger partial charge on any atom is -0.480 e. The number of aliphatic carboxylic acids is 1. The van der Waals surface area contributed by atoms with Crippen LogP contribution < -0.4 is 16.8 Å². The van der Waals surface area contributed by atoms with Crippen molar-refractivity contribution in [3.63, 3.8) is 0 Å². The molecule has 0 aromatic rings. The molecule has 0 spiro atoms. The Hall–Kier alpha value is -0.650. The number of nitrogens with two attached hydrogens (primary N) is 2. The summed E-state index contributed by atoms with van der Waals surface area (Å²) in [6.07, 6.45) is 8.97. The smallest absolute Gasteiger partial charge is 0.317 e. The minimum absolute atomic E-state index is 0.191. The molecule has 17 heavy (non-hydrogen) atoms. The average Bonchev–Trinajstić information content (AvgIpc) is 2.25. The van der Waals surface area contributed by atoms with Crippen LogP contribution in [0, 0.1) is 0 Å². The fourth-order valence-corrected chi connectivity index (χ4v) is 1.70. The summed E-state index contributed by atoms with van der Waals surface area (Å²) in [5.41, 5.74) is 11.5. The van der Waals surface area contributed by atoms with Crippen LogP contribution in [0.3, 0.4) is 0 Å². The molecule has 0 saturated carbocycles. The summed E-state index contributed by atoms with van der Waals surface area (Å²) in [6, 6.07) is 0. The third kappa shape index (κ3) is 11.6. The van der Waals surface area contributed by atoms with Crippen LogP contribution >= 0.6 is 0 Å². The van der Waals surface area contributed by atoms with Crippen LogP contribution in [0.1, 0.15) is 58.3 Å². The van der Waals surface area contributed by atoms with Crippen molar-refractivity contribution in [2.45, 2.75) is 64.1 Å². The zero-order chi connectivity index (χ0) is 13.1. The molecular weight excluding hydrogens is 218 g/mol. The third-order valence-electron chi connectivity index (χ3n) is 2.76. The van der Waals surface area contributed by atoms with Crippen LogP contribution in [-0.4, -0.2) is 23.4 Å². The zero-order valence-electron chi connectivity index (χ0n) is 10.9. The number of rotatable bonds is 11. The van der Waals surface area contributed by atoms with Crippen molar-refractivity contribution in [2.24, 2.45) is 11.5 Å². The van der Waals surface area contributed by atoms with Gasteiger partial charge in [0.15, 0.2) is 0 Å². The molecule has 0 aromatic carbocycles. The van der Waals surface area contributed by atoms with E-state index < -0.39 is 11.8 Å². The summed E-state index contributed by atoms with van der Waals surface area (Å²) < 4.78 is 0. The van der Waals surface area contributed by atoms with Gasteiger partial charge in [-0.25, -0.2) is 0 Å². The van der Waals surface area contributed by atoms with Gasteiger partial charge in [-0.15, -0.1) is 0 Å². The quantitative estimate of drug-likeness (QED) is 0.325. The van der Waals surface area contributed by atoms with Gasteiger partial charge in [-0.2, -0.15) is 0 Å². The van der Waals surface area contributed by atoms with Gasteiger partial charge < -0.3 is 16.6 Å². The van der Waals surface area contributed by atoms with E-state index in [4.69, 9.17) is 16.6 Å². The number of carbonyl (C=O) groups is 1. The van der Waals surface area contributed by atoms with Crippen molar-refractivity contribution >= 4 is 5.97 Å². The van der Waals surface area contributed by atoms with E-state index in [9.17, 15) is 4.79 Å². The Balaban J connectivity index is 3.42. The van der Waals surface area contributed by atoms with E-state index >= 15 is 0 Å². The molecule has 0 bridgehead atoms. The molecule has 0 aliphatic carbocycles. The van der Waals surface area contributed by atoms with Crippen molar-refractivity contribution in [1.29, 1.82) is 0 Å². The first kappa shape index (κ1) is 16.4. The minimum atomic E-state index is -1.05. The lowest BCUT2D eigenvalue weighted by Gasteiger charge is -2.25. The van der Waals surface area contributed by atoms with E-state index in [-0.39, 0.29) is 6.54 Å². The fraction of sp³-hybridized carbons (Fsp3) is 0.917. The van der Waals surface area contributed by atoms with Crippen molar-refractivity contribution in [2.75, 3.05) is 6.54 Å². The van der Waals surface area contributed by atoms with Crippen LogP contribution in [0.15, 0.2) is 0 Å². The highest BCUT2D eigenvalue weighted by molar-refractivity contribution is 5.69. The highest BCUT2D eigenvalue weighted by Crippen LogP contribution is 2.10. The highest BCUT2D eigenvalue weighted by Gasteiger charge is 2.18. The predicted octanol–water partition coefficient (Wildman–Crippen LogP) is 1.37. The second-order valence-corrected chi connectivity index (χ2v) is 4.66. The van der Waals surface area contributed by atoms with Gasteiger partial charge in [0.2, 0.25) is 0 Å². The van der Waals surface area contributed by atoms with Gasteiger partial charge >= 0.3 is 5.97 Å². The monoisotopic (exact) mass is 245 g/mol. The van der Waals surface area contributed by atoms with Gasteiger partial charge in [0, 0.05) is 0 Å². The fourth-order valence-electron chi connectivity index (χ4n) is 1.70. The Bertz CT molecular complexity index is 208. The Morgan fingerprint density at radius 3 is 2.18 bits per heavy atom.